The van der Waals surface area contributed by atoms with Crippen molar-refractivity contribution in [3.8, 4) is 35.4 Å². The Hall–Kier alpha value is -5.76. The molecular formula is C45H43F2N9O4S. The van der Waals surface area contributed by atoms with Crippen molar-refractivity contribution in [3.05, 3.63) is 90.1 Å². The number of ether oxygens (including phenoxy) is 2. The summed E-state index contributed by atoms with van der Waals surface area (Å²) in [6.07, 6.45) is 15.5. The van der Waals surface area contributed by atoms with Gasteiger partial charge in [-0.1, -0.05) is 30.2 Å². The minimum Gasteiger partial charge on any atom is -0.493 e. The molecule has 4 aliphatic heterocycles. The molecule has 0 radical (unpaired) electrons. The van der Waals surface area contributed by atoms with Crippen molar-refractivity contribution in [2.75, 3.05) is 44.3 Å². The number of hydrogen-bond acceptors (Lipinski definition) is 12. The highest BCUT2D eigenvalue weighted by Crippen LogP contribution is 2.43. The maximum atomic E-state index is 17.1. The second-order valence-corrected chi connectivity index (χ2v) is 19.0. The topological polar surface area (TPSA) is 140 Å². The molecular weight excluding hydrogens is 801 g/mol. The van der Waals surface area contributed by atoms with Gasteiger partial charge in [-0.05, 0) is 87.2 Å². The van der Waals surface area contributed by atoms with Crippen LogP contribution >= 0.6 is 0 Å². The number of halogens is 2. The quantitative estimate of drug-likeness (QED) is 0.152. The first-order valence-corrected chi connectivity index (χ1v) is 22.4. The standard InChI is InChI=1S/C45H43F2N9O4S/c1-2-34-37(46)16-9-28-5-3-6-35(38(28)34)40-39(47)41-36(20-48-40)43(54-22-30-10-11-31(23-54)50-30)52-44(51-41)60-25-45-17-4-18-55(45)21-27(19-45)24-59-32-12-14-33(15-13-32)61(57,58)56-26-49-42(53-56)29-7-8-29/h1,3,5-6,9,12-16,20,26-27,29-31,50H,4,7-8,10-11,17-19,21-25H2. The Labute approximate surface area is 351 Å². The van der Waals surface area contributed by atoms with E-state index in [0.29, 0.717) is 77.5 Å². The molecule has 1 aliphatic carbocycles. The lowest BCUT2D eigenvalue weighted by atomic mass is 9.91. The van der Waals surface area contributed by atoms with E-state index in [9.17, 15) is 12.8 Å². The minimum atomic E-state index is -3.86. The zero-order valence-corrected chi connectivity index (χ0v) is 34.1. The first-order valence-electron chi connectivity index (χ1n) is 21.0. The number of hydrogen-bond donors (Lipinski definition) is 1. The van der Waals surface area contributed by atoms with E-state index in [-0.39, 0.29) is 45.1 Å². The molecule has 5 fully saturated rings. The smallest absolute Gasteiger partial charge is 0.319 e. The summed E-state index contributed by atoms with van der Waals surface area (Å²) in [5.74, 6) is 3.40. The van der Waals surface area contributed by atoms with Crippen LogP contribution in [0.3, 0.4) is 0 Å². The molecule has 4 saturated heterocycles. The van der Waals surface area contributed by atoms with Crippen molar-refractivity contribution in [1.82, 2.24) is 39.3 Å². The van der Waals surface area contributed by atoms with Crippen LogP contribution in [-0.4, -0.2) is 99.5 Å². The average Bonchev–Trinajstić information content (AvgIpc) is 3.53. The van der Waals surface area contributed by atoms with Crippen LogP contribution in [0.5, 0.6) is 11.8 Å². The largest absolute Gasteiger partial charge is 0.493 e. The maximum Gasteiger partial charge on any atom is 0.319 e. The summed E-state index contributed by atoms with van der Waals surface area (Å²) < 4.78 is 72.2. The van der Waals surface area contributed by atoms with Gasteiger partial charge < -0.3 is 19.7 Å². The van der Waals surface area contributed by atoms with Gasteiger partial charge in [0.15, 0.2) is 11.6 Å². The minimum absolute atomic E-state index is 0.0179. The van der Waals surface area contributed by atoms with E-state index in [2.05, 4.69) is 36.1 Å². The Bertz CT molecular complexity index is 2850. The van der Waals surface area contributed by atoms with Crippen molar-refractivity contribution in [2.45, 2.75) is 73.4 Å². The van der Waals surface area contributed by atoms with Gasteiger partial charge in [-0.2, -0.15) is 18.4 Å². The van der Waals surface area contributed by atoms with Gasteiger partial charge in [-0.25, -0.2) is 13.8 Å². The van der Waals surface area contributed by atoms with Crippen LogP contribution in [0.4, 0.5) is 14.6 Å². The summed E-state index contributed by atoms with van der Waals surface area (Å²) in [4.78, 5) is 23.3. The van der Waals surface area contributed by atoms with Crippen molar-refractivity contribution >= 4 is 37.5 Å². The Balaban J connectivity index is 0.848. The van der Waals surface area contributed by atoms with Crippen molar-refractivity contribution < 1.29 is 26.7 Å². The monoisotopic (exact) mass is 843 g/mol. The summed E-state index contributed by atoms with van der Waals surface area (Å²) in [6.45, 7) is 3.90. The zero-order chi connectivity index (χ0) is 41.5. The van der Waals surface area contributed by atoms with Crippen LogP contribution in [0.2, 0.25) is 0 Å². The SMILES string of the molecule is C#Cc1c(F)ccc2cccc(-c3ncc4c(N5CC6CCC(C5)N6)nc(OCC56CCCN5CC(COc5ccc(S(=O)(=O)n7cnc(C8CC8)n7)cc5)C6)nc4c3F)c12. The number of terminal acetylenes is 1. The average molecular weight is 844 g/mol. The summed E-state index contributed by atoms with van der Waals surface area (Å²) in [5.41, 5.74) is 0.240. The fraction of sp³-hybridized carbons (Fsp3) is 0.400. The molecule has 1 N–H and O–H groups in total. The van der Waals surface area contributed by atoms with Gasteiger partial charge in [0.25, 0.3) is 10.0 Å². The summed E-state index contributed by atoms with van der Waals surface area (Å²) in [6, 6.07) is 15.3. The molecule has 61 heavy (non-hydrogen) atoms. The fourth-order valence-corrected chi connectivity index (χ4v) is 11.1. The molecule has 13 nitrogen and oxygen atoms in total. The second-order valence-electron chi connectivity index (χ2n) is 17.2. The molecule has 312 valence electrons. The maximum absolute atomic E-state index is 17.1. The van der Waals surface area contributed by atoms with Crippen molar-refractivity contribution in [3.63, 3.8) is 0 Å². The van der Waals surface area contributed by atoms with Gasteiger partial charge >= 0.3 is 6.01 Å². The van der Waals surface area contributed by atoms with Crippen LogP contribution in [-0.2, 0) is 10.0 Å². The third kappa shape index (κ3) is 6.74. The Morgan fingerprint density at radius 2 is 1.77 bits per heavy atom. The van der Waals surface area contributed by atoms with Crippen LogP contribution < -0.4 is 19.7 Å². The lowest BCUT2D eigenvalue weighted by Gasteiger charge is -2.34. The van der Waals surface area contributed by atoms with E-state index >= 15 is 4.39 Å². The fourth-order valence-electron chi connectivity index (χ4n) is 10.1. The van der Waals surface area contributed by atoms with E-state index in [1.54, 1.807) is 36.5 Å². The highest BCUT2D eigenvalue weighted by molar-refractivity contribution is 7.89. The summed E-state index contributed by atoms with van der Waals surface area (Å²) in [5, 5.41) is 9.43. The van der Waals surface area contributed by atoms with Gasteiger partial charge in [0.2, 0.25) is 0 Å². The van der Waals surface area contributed by atoms with Gasteiger partial charge in [0.05, 0.1) is 28.0 Å². The molecule has 0 spiro atoms. The number of piperazine rings is 1. The van der Waals surface area contributed by atoms with E-state index in [1.807, 2.05) is 6.07 Å². The molecule has 5 aliphatic rings. The van der Waals surface area contributed by atoms with Crippen LogP contribution in [0, 0.1) is 29.9 Å². The lowest BCUT2D eigenvalue weighted by molar-refractivity contribution is 0.107. The Morgan fingerprint density at radius 3 is 2.56 bits per heavy atom. The molecule has 3 aromatic carbocycles. The predicted octanol–water partition coefficient (Wildman–Crippen LogP) is 6.06. The number of pyridine rings is 1. The third-order valence-corrected chi connectivity index (χ3v) is 14.7. The molecule has 4 atom stereocenters. The number of benzene rings is 3. The van der Waals surface area contributed by atoms with Gasteiger partial charge in [-0.15, -0.1) is 15.6 Å². The van der Waals surface area contributed by atoms with E-state index in [1.165, 1.54) is 24.5 Å². The Kier molecular flexibility index (Phi) is 9.21. The number of fused-ring (bicyclic) bond motifs is 5. The third-order valence-electron chi connectivity index (χ3n) is 13.2. The van der Waals surface area contributed by atoms with E-state index < -0.39 is 21.7 Å². The van der Waals surface area contributed by atoms with Crippen LogP contribution in [0.25, 0.3) is 32.9 Å². The highest BCUT2D eigenvalue weighted by atomic mass is 32.2. The normalized spacial score (nSPS) is 23.8. The molecule has 6 aromatic rings. The first-order chi connectivity index (χ1) is 29.7. The number of nitrogens with one attached hydrogen (secondary N) is 1. The molecule has 11 rings (SSSR count). The molecule has 3 aromatic heterocycles. The van der Waals surface area contributed by atoms with Crippen molar-refractivity contribution in [2.24, 2.45) is 5.92 Å². The van der Waals surface area contributed by atoms with Crippen LogP contribution in [0.15, 0.2) is 72.0 Å². The highest BCUT2D eigenvalue weighted by Gasteiger charge is 2.49. The lowest BCUT2D eigenvalue weighted by Crippen LogP contribution is -2.51. The number of rotatable bonds is 11. The molecule has 0 amide bonds. The van der Waals surface area contributed by atoms with Gasteiger partial charge in [-0.3, -0.25) is 9.88 Å². The number of anilines is 1. The molecule has 1 saturated carbocycles. The van der Waals surface area contributed by atoms with Crippen molar-refractivity contribution in [1.29, 1.82) is 0 Å². The second kappa shape index (κ2) is 14.7. The van der Waals surface area contributed by atoms with E-state index in [4.69, 9.17) is 25.9 Å². The van der Waals surface area contributed by atoms with Crippen LogP contribution in [0.1, 0.15) is 62.3 Å². The molecule has 2 bridgehead atoms. The predicted molar refractivity (Wildman–Crippen MR) is 224 cm³/mol. The number of aromatic nitrogens is 6. The van der Waals surface area contributed by atoms with E-state index in [0.717, 1.165) is 62.1 Å². The first kappa shape index (κ1) is 38.2. The molecule has 4 unspecified atom stereocenters. The number of nitrogens with zero attached hydrogens (tertiary/aromatic N) is 8. The molecule has 16 heteroatoms. The Morgan fingerprint density at radius 1 is 0.951 bits per heavy atom. The molecule has 7 heterocycles. The van der Waals surface area contributed by atoms with Gasteiger partial charge in [0, 0.05) is 60.7 Å². The zero-order valence-electron chi connectivity index (χ0n) is 33.3. The summed E-state index contributed by atoms with van der Waals surface area (Å²) >= 11 is 0. The van der Waals surface area contributed by atoms with Gasteiger partial charge in [0.1, 0.15) is 41.5 Å². The summed E-state index contributed by atoms with van der Waals surface area (Å²) in [7, 11) is -3.86.